The lowest BCUT2D eigenvalue weighted by Gasteiger charge is -2.36. The van der Waals surface area contributed by atoms with Crippen LogP contribution in [-0.4, -0.2) is 55.7 Å². The highest BCUT2D eigenvalue weighted by molar-refractivity contribution is 5.96. The van der Waals surface area contributed by atoms with Gasteiger partial charge in [0, 0.05) is 38.3 Å². The van der Waals surface area contributed by atoms with Gasteiger partial charge in [-0.2, -0.15) is 13.2 Å². The van der Waals surface area contributed by atoms with Crippen LogP contribution >= 0.6 is 0 Å². The molecular formula is C17H22F3N3O. The Balaban J connectivity index is 1.68. The summed E-state index contributed by atoms with van der Waals surface area (Å²) < 4.78 is 40.1. The third-order valence-corrected chi connectivity index (χ3v) is 4.82. The van der Waals surface area contributed by atoms with Crippen molar-refractivity contribution in [1.82, 2.24) is 15.5 Å². The molecule has 0 saturated carbocycles. The summed E-state index contributed by atoms with van der Waals surface area (Å²) in [6.45, 7) is 1.33. The molecule has 0 aromatic heterocycles. The Kier molecular flexibility index (Phi) is 5.10. The first kappa shape index (κ1) is 17.2. The first-order valence-corrected chi connectivity index (χ1v) is 8.37. The fraction of sp³-hybridized carbons (Fsp3) is 0.588. The number of hydrogen-bond acceptors (Lipinski definition) is 3. The second kappa shape index (κ2) is 7.11. The monoisotopic (exact) mass is 341 g/mol. The molecule has 1 saturated heterocycles. The minimum Gasteiger partial charge on any atom is -0.350 e. The Bertz CT molecular complexity index is 597. The summed E-state index contributed by atoms with van der Waals surface area (Å²) in [5.74, 6) is -0.405. The Hall–Kier alpha value is -1.60. The molecule has 1 aromatic rings. The first-order chi connectivity index (χ1) is 11.5. The van der Waals surface area contributed by atoms with Crippen molar-refractivity contribution in [3.05, 3.63) is 34.9 Å². The molecule has 1 aliphatic heterocycles. The maximum Gasteiger partial charge on any atom is 0.405 e. The molecule has 0 bridgehead atoms. The van der Waals surface area contributed by atoms with Crippen LogP contribution in [0.4, 0.5) is 13.2 Å². The van der Waals surface area contributed by atoms with Crippen LogP contribution in [0.3, 0.4) is 0 Å². The molecule has 1 atom stereocenters. The Morgan fingerprint density at radius 2 is 2.00 bits per heavy atom. The lowest BCUT2D eigenvalue weighted by molar-refractivity contribution is -0.183. The van der Waals surface area contributed by atoms with E-state index in [1.807, 2.05) is 6.07 Å². The van der Waals surface area contributed by atoms with Gasteiger partial charge in [0.05, 0.1) is 0 Å². The first-order valence-electron chi connectivity index (χ1n) is 8.37. The van der Waals surface area contributed by atoms with E-state index >= 15 is 0 Å². The van der Waals surface area contributed by atoms with Crippen LogP contribution in [0.5, 0.6) is 0 Å². The van der Waals surface area contributed by atoms with E-state index in [4.69, 9.17) is 0 Å². The predicted octanol–water partition coefficient (Wildman–Crippen LogP) is 1.74. The smallest absolute Gasteiger partial charge is 0.350 e. The van der Waals surface area contributed by atoms with Crippen molar-refractivity contribution < 1.29 is 18.0 Å². The summed E-state index contributed by atoms with van der Waals surface area (Å²) in [5.41, 5.74) is 2.64. The van der Waals surface area contributed by atoms with Gasteiger partial charge in [-0.25, -0.2) is 0 Å². The number of benzene rings is 1. The number of alkyl halides is 3. The largest absolute Gasteiger partial charge is 0.405 e. The highest BCUT2D eigenvalue weighted by atomic mass is 19.4. The highest BCUT2D eigenvalue weighted by Gasteiger charge is 2.43. The number of piperazine rings is 1. The van der Waals surface area contributed by atoms with Crippen LogP contribution in [-0.2, 0) is 12.8 Å². The molecular weight excluding hydrogens is 319 g/mol. The minimum atomic E-state index is -4.36. The van der Waals surface area contributed by atoms with Crippen molar-refractivity contribution in [2.45, 2.75) is 31.5 Å². The van der Waals surface area contributed by atoms with Crippen molar-refractivity contribution >= 4 is 5.91 Å². The maximum atomic E-state index is 13.4. The number of nitrogens with zero attached hydrogens (tertiary/aromatic N) is 1. The Morgan fingerprint density at radius 1 is 1.25 bits per heavy atom. The van der Waals surface area contributed by atoms with E-state index in [-0.39, 0.29) is 0 Å². The molecule has 2 N–H and O–H groups in total. The molecule has 3 rings (SSSR count). The molecule has 1 fully saturated rings. The lowest BCUT2D eigenvalue weighted by atomic mass is 10.0. The molecule has 1 unspecified atom stereocenters. The number of nitrogens with one attached hydrogen (secondary N) is 2. The number of hydrogen-bond donors (Lipinski definition) is 2. The highest BCUT2D eigenvalue weighted by Crippen LogP contribution is 2.26. The SMILES string of the molecule is O=C(NCC(N1CCNCC1)C(F)(F)F)c1cccc2c1CCC2. The third-order valence-electron chi connectivity index (χ3n) is 4.82. The molecule has 132 valence electrons. The predicted molar refractivity (Wildman–Crippen MR) is 85.1 cm³/mol. The van der Waals surface area contributed by atoms with Crippen LogP contribution < -0.4 is 10.6 Å². The fourth-order valence-corrected chi connectivity index (χ4v) is 3.56. The van der Waals surface area contributed by atoms with Crippen LogP contribution in [0.2, 0.25) is 0 Å². The van der Waals surface area contributed by atoms with Gasteiger partial charge in [0.1, 0.15) is 6.04 Å². The van der Waals surface area contributed by atoms with E-state index in [9.17, 15) is 18.0 Å². The summed E-state index contributed by atoms with van der Waals surface area (Å²) >= 11 is 0. The lowest BCUT2D eigenvalue weighted by Crippen LogP contribution is -2.57. The van der Waals surface area contributed by atoms with Crippen LogP contribution in [0.25, 0.3) is 0 Å². The van der Waals surface area contributed by atoms with Crippen molar-refractivity contribution in [1.29, 1.82) is 0 Å². The fourth-order valence-electron chi connectivity index (χ4n) is 3.56. The second-order valence-electron chi connectivity index (χ2n) is 6.35. The van der Waals surface area contributed by atoms with Crippen LogP contribution in [0.1, 0.15) is 27.9 Å². The molecule has 2 aliphatic rings. The van der Waals surface area contributed by atoms with Crippen LogP contribution in [0, 0.1) is 0 Å². The molecule has 1 aromatic carbocycles. The summed E-state index contributed by atoms with van der Waals surface area (Å²) in [6, 6.07) is 3.85. The van der Waals surface area contributed by atoms with Gasteiger partial charge in [-0.05, 0) is 36.5 Å². The Labute approximate surface area is 139 Å². The molecule has 1 aliphatic carbocycles. The average molecular weight is 341 g/mol. The third kappa shape index (κ3) is 3.72. The zero-order valence-electron chi connectivity index (χ0n) is 13.5. The summed E-state index contributed by atoms with van der Waals surface area (Å²) in [5, 5.41) is 5.56. The van der Waals surface area contributed by atoms with Gasteiger partial charge < -0.3 is 10.6 Å². The quantitative estimate of drug-likeness (QED) is 0.877. The molecule has 0 radical (unpaired) electrons. The van der Waals surface area contributed by atoms with Gasteiger partial charge in [-0.1, -0.05) is 12.1 Å². The molecule has 1 heterocycles. The topological polar surface area (TPSA) is 44.4 Å². The summed E-state index contributed by atoms with van der Waals surface area (Å²) in [6.07, 6.45) is -1.61. The van der Waals surface area contributed by atoms with Gasteiger partial charge in [0.25, 0.3) is 5.91 Å². The van der Waals surface area contributed by atoms with E-state index < -0.39 is 24.7 Å². The van der Waals surface area contributed by atoms with E-state index in [0.29, 0.717) is 31.7 Å². The van der Waals surface area contributed by atoms with Crippen LogP contribution in [0.15, 0.2) is 18.2 Å². The van der Waals surface area contributed by atoms with Gasteiger partial charge >= 0.3 is 6.18 Å². The van der Waals surface area contributed by atoms with Gasteiger partial charge in [-0.3, -0.25) is 9.69 Å². The number of carbonyl (C=O) groups excluding carboxylic acids is 1. The second-order valence-corrected chi connectivity index (χ2v) is 6.35. The zero-order valence-corrected chi connectivity index (χ0v) is 13.5. The molecule has 1 amide bonds. The van der Waals surface area contributed by atoms with Crippen molar-refractivity contribution in [2.75, 3.05) is 32.7 Å². The zero-order chi connectivity index (χ0) is 17.2. The van der Waals surface area contributed by atoms with Gasteiger partial charge in [0.2, 0.25) is 0 Å². The maximum absolute atomic E-state index is 13.4. The number of fused-ring (bicyclic) bond motifs is 1. The average Bonchev–Trinajstić information content (AvgIpc) is 3.03. The standard InChI is InChI=1S/C17H22F3N3O/c18-17(19,20)15(23-9-7-21-8-10-23)11-22-16(24)14-6-2-4-12-3-1-5-13(12)14/h2,4,6,15,21H,1,3,5,7-11H2,(H,22,24). The van der Waals surface area contributed by atoms with E-state index in [1.54, 1.807) is 12.1 Å². The van der Waals surface area contributed by atoms with E-state index in [2.05, 4.69) is 10.6 Å². The number of rotatable bonds is 4. The summed E-state index contributed by atoms with van der Waals surface area (Å²) in [4.78, 5) is 13.8. The number of amides is 1. The number of halogens is 3. The molecule has 4 nitrogen and oxygen atoms in total. The van der Waals surface area contributed by atoms with Gasteiger partial charge in [-0.15, -0.1) is 0 Å². The molecule has 24 heavy (non-hydrogen) atoms. The van der Waals surface area contributed by atoms with E-state index in [0.717, 1.165) is 30.4 Å². The molecule has 7 heteroatoms. The minimum absolute atomic E-state index is 0.334. The van der Waals surface area contributed by atoms with Crippen molar-refractivity contribution in [2.24, 2.45) is 0 Å². The van der Waals surface area contributed by atoms with E-state index in [1.165, 1.54) is 4.90 Å². The van der Waals surface area contributed by atoms with Crippen molar-refractivity contribution in [3.8, 4) is 0 Å². The normalized spacial score (nSPS) is 19.8. The number of carbonyl (C=O) groups is 1. The van der Waals surface area contributed by atoms with Crippen molar-refractivity contribution in [3.63, 3.8) is 0 Å². The van der Waals surface area contributed by atoms with Gasteiger partial charge in [0.15, 0.2) is 0 Å². The Morgan fingerprint density at radius 3 is 2.71 bits per heavy atom. The molecule has 0 spiro atoms. The summed E-state index contributed by atoms with van der Waals surface area (Å²) in [7, 11) is 0. The number of aryl methyl sites for hydroxylation is 1.